The van der Waals surface area contributed by atoms with Crippen LogP contribution in [0, 0.1) is 0 Å². The monoisotopic (exact) mass is 374 g/mol. The van der Waals surface area contributed by atoms with Crippen LogP contribution in [0.4, 0.5) is 5.69 Å². The Morgan fingerprint density at radius 2 is 1.78 bits per heavy atom. The summed E-state index contributed by atoms with van der Waals surface area (Å²) < 4.78 is 5.51. The standard InChI is InChI=1S/C22H15ClN2O2/c23-17-8-10-18(11-9-17)24-21(26)13-7-15-6-12-19-20(14-15)25-27-22(19)16-4-2-1-3-5-16/h1-14H,(H,24,26). The Labute approximate surface area is 161 Å². The van der Waals surface area contributed by atoms with Crippen molar-refractivity contribution in [3.8, 4) is 11.3 Å². The molecule has 0 saturated heterocycles. The van der Waals surface area contributed by atoms with E-state index in [9.17, 15) is 4.79 Å². The molecule has 0 aliphatic heterocycles. The van der Waals surface area contributed by atoms with Gasteiger partial charge in [-0.3, -0.25) is 4.79 Å². The summed E-state index contributed by atoms with van der Waals surface area (Å²) in [5.74, 6) is 0.518. The van der Waals surface area contributed by atoms with Crippen molar-refractivity contribution in [3.05, 3.63) is 89.5 Å². The zero-order valence-electron chi connectivity index (χ0n) is 14.2. The Hall–Kier alpha value is -3.37. The second kappa shape index (κ2) is 7.48. The van der Waals surface area contributed by atoms with Crippen LogP contribution in [0.1, 0.15) is 5.56 Å². The van der Waals surface area contributed by atoms with Gasteiger partial charge in [-0.25, -0.2) is 0 Å². The highest BCUT2D eigenvalue weighted by Gasteiger charge is 2.10. The lowest BCUT2D eigenvalue weighted by molar-refractivity contribution is -0.111. The number of nitrogens with zero attached hydrogens (tertiary/aromatic N) is 1. The SMILES string of the molecule is O=C(C=Cc1ccc2c(-c3ccccc3)onc2c1)Nc1ccc(Cl)cc1. The Bertz CT molecular complexity index is 1120. The molecule has 0 saturated carbocycles. The van der Waals surface area contributed by atoms with Crippen molar-refractivity contribution in [1.82, 2.24) is 5.16 Å². The zero-order chi connectivity index (χ0) is 18.6. The number of fused-ring (bicyclic) bond motifs is 1. The predicted octanol–water partition coefficient (Wildman–Crippen LogP) is 5.80. The van der Waals surface area contributed by atoms with E-state index >= 15 is 0 Å². The quantitative estimate of drug-likeness (QED) is 0.459. The number of rotatable bonds is 4. The molecule has 5 heteroatoms. The lowest BCUT2D eigenvalue weighted by Gasteiger charge is -2.01. The maximum atomic E-state index is 12.1. The number of hydrogen-bond donors (Lipinski definition) is 1. The van der Waals surface area contributed by atoms with Crippen LogP contribution in [-0.2, 0) is 4.79 Å². The molecule has 0 aliphatic rings. The van der Waals surface area contributed by atoms with Gasteiger partial charge in [0.25, 0.3) is 0 Å². The van der Waals surface area contributed by atoms with Crippen LogP contribution in [0.2, 0.25) is 5.02 Å². The molecule has 0 radical (unpaired) electrons. The second-order valence-electron chi connectivity index (χ2n) is 5.98. The van der Waals surface area contributed by atoms with Crippen molar-refractivity contribution >= 4 is 40.2 Å². The summed E-state index contributed by atoms with van der Waals surface area (Å²) in [7, 11) is 0. The first kappa shape index (κ1) is 17.1. The first-order valence-electron chi connectivity index (χ1n) is 8.38. The van der Waals surface area contributed by atoms with Crippen LogP contribution < -0.4 is 5.32 Å². The number of carbonyl (C=O) groups is 1. The molecule has 0 unspecified atom stereocenters. The fraction of sp³-hybridized carbons (Fsp3) is 0. The molecule has 3 aromatic carbocycles. The third kappa shape index (κ3) is 3.91. The van der Waals surface area contributed by atoms with Crippen molar-refractivity contribution < 1.29 is 9.32 Å². The number of hydrogen-bond acceptors (Lipinski definition) is 3. The second-order valence-corrected chi connectivity index (χ2v) is 6.42. The zero-order valence-corrected chi connectivity index (χ0v) is 15.0. The third-order valence-corrected chi connectivity index (χ3v) is 4.33. The van der Waals surface area contributed by atoms with Gasteiger partial charge in [-0.1, -0.05) is 53.2 Å². The molecule has 0 bridgehead atoms. The van der Waals surface area contributed by atoms with Gasteiger partial charge in [0.1, 0.15) is 5.52 Å². The van der Waals surface area contributed by atoms with Gasteiger partial charge in [0, 0.05) is 27.7 Å². The molecule has 0 fully saturated rings. The summed E-state index contributed by atoms with van der Waals surface area (Å²) in [5.41, 5.74) is 3.27. The molecule has 4 rings (SSSR count). The highest BCUT2D eigenvalue weighted by molar-refractivity contribution is 6.30. The summed E-state index contributed by atoms with van der Waals surface area (Å²) >= 11 is 5.84. The van der Waals surface area contributed by atoms with E-state index in [-0.39, 0.29) is 5.91 Å². The number of nitrogens with one attached hydrogen (secondary N) is 1. The Balaban J connectivity index is 1.51. The molecule has 4 aromatic rings. The maximum Gasteiger partial charge on any atom is 0.248 e. The number of anilines is 1. The molecule has 1 aromatic heterocycles. The van der Waals surface area contributed by atoms with Crippen molar-refractivity contribution in [1.29, 1.82) is 0 Å². The van der Waals surface area contributed by atoms with Crippen molar-refractivity contribution in [2.75, 3.05) is 5.32 Å². The molecule has 0 atom stereocenters. The molecular weight excluding hydrogens is 360 g/mol. The van der Waals surface area contributed by atoms with E-state index in [1.807, 2.05) is 48.5 Å². The number of aromatic nitrogens is 1. The minimum atomic E-state index is -0.220. The lowest BCUT2D eigenvalue weighted by Crippen LogP contribution is -2.07. The van der Waals surface area contributed by atoms with Crippen LogP contribution in [0.5, 0.6) is 0 Å². The van der Waals surface area contributed by atoms with Crippen molar-refractivity contribution in [2.24, 2.45) is 0 Å². The summed E-state index contributed by atoms with van der Waals surface area (Å²) in [5, 5.41) is 8.48. The summed E-state index contributed by atoms with van der Waals surface area (Å²) in [6.07, 6.45) is 3.22. The van der Waals surface area contributed by atoms with Gasteiger partial charge >= 0.3 is 0 Å². The average molecular weight is 375 g/mol. The topological polar surface area (TPSA) is 55.1 Å². The highest BCUT2D eigenvalue weighted by atomic mass is 35.5. The first-order valence-corrected chi connectivity index (χ1v) is 8.76. The van der Waals surface area contributed by atoms with E-state index < -0.39 is 0 Å². The minimum Gasteiger partial charge on any atom is -0.355 e. The van der Waals surface area contributed by atoms with Crippen LogP contribution in [-0.4, -0.2) is 11.1 Å². The van der Waals surface area contributed by atoms with Crippen LogP contribution in [0.3, 0.4) is 0 Å². The normalized spacial score (nSPS) is 11.1. The number of halogens is 1. The Kier molecular flexibility index (Phi) is 4.73. The average Bonchev–Trinajstić information content (AvgIpc) is 3.12. The summed E-state index contributed by atoms with van der Waals surface area (Å²) in [4.78, 5) is 12.1. The van der Waals surface area contributed by atoms with E-state index in [1.165, 1.54) is 6.08 Å². The van der Waals surface area contributed by atoms with Gasteiger partial charge < -0.3 is 9.84 Å². The minimum absolute atomic E-state index is 0.220. The van der Waals surface area contributed by atoms with E-state index in [1.54, 1.807) is 30.3 Å². The molecule has 1 heterocycles. The van der Waals surface area contributed by atoms with E-state index in [0.29, 0.717) is 10.7 Å². The highest BCUT2D eigenvalue weighted by Crippen LogP contribution is 2.29. The van der Waals surface area contributed by atoms with Crippen LogP contribution >= 0.6 is 11.6 Å². The molecule has 27 heavy (non-hydrogen) atoms. The van der Waals surface area contributed by atoms with Gasteiger partial charge in [-0.2, -0.15) is 0 Å². The molecule has 1 amide bonds. The van der Waals surface area contributed by atoms with E-state index in [2.05, 4.69) is 10.5 Å². The fourth-order valence-electron chi connectivity index (χ4n) is 2.75. The van der Waals surface area contributed by atoms with Gasteiger partial charge in [-0.05, 0) is 48.0 Å². The van der Waals surface area contributed by atoms with Crippen molar-refractivity contribution in [3.63, 3.8) is 0 Å². The lowest BCUT2D eigenvalue weighted by atomic mass is 10.1. The molecule has 132 valence electrons. The Morgan fingerprint density at radius 1 is 1.00 bits per heavy atom. The number of benzene rings is 3. The summed E-state index contributed by atoms with van der Waals surface area (Å²) in [6.45, 7) is 0. The van der Waals surface area contributed by atoms with Gasteiger partial charge in [0.15, 0.2) is 5.76 Å². The molecule has 0 spiro atoms. The van der Waals surface area contributed by atoms with Gasteiger partial charge in [0.2, 0.25) is 5.91 Å². The number of carbonyl (C=O) groups excluding carboxylic acids is 1. The van der Waals surface area contributed by atoms with E-state index in [4.69, 9.17) is 16.1 Å². The predicted molar refractivity (Wildman–Crippen MR) is 109 cm³/mol. The van der Waals surface area contributed by atoms with Crippen LogP contribution in [0.25, 0.3) is 28.3 Å². The van der Waals surface area contributed by atoms with Gasteiger partial charge in [-0.15, -0.1) is 0 Å². The van der Waals surface area contributed by atoms with Gasteiger partial charge in [0.05, 0.1) is 0 Å². The first-order chi connectivity index (χ1) is 13.2. The largest absolute Gasteiger partial charge is 0.355 e. The molecule has 4 nitrogen and oxygen atoms in total. The third-order valence-electron chi connectivity index (χ3n) is 4.08. The maximum absolute atomic E-state index is 12.1. The fourth-order valence-corrected chi connectivity index (χ4v) is 2.88. The summed E-state index contributed by atoms with van der Waals surface area (Å²) in [6, 6.07) is 22.6. The molecule has 1 N–H and O–H groups in total. The van der Waals surface area contributed by atoms with E-state index in [0.717, 1.165) is 27.8 Å². The van der Waals surface area contributed by atoms with Crippen molar-refractivity contribution in [2.45, 2.75) is 0 Å². The smallest absolute Gasteiger partial charge is 0.248 e. The van der Waals surface area contributed by atoms with Crippen LogP contribution in [0.15, 0.2) is 83.4 Å². The number of amides is 1. The molecule has 0 aliphatic carbocycles. The Morgan fingerprint density at radius 3 is 2.56 bits per heavy atom. The molecular formula is C22H15ClN2O2.